The van der Waals surface area contributed by atoms with Gasteiger partial charge in [0.25, 0.3) is 0 Å². The van der Waals surface area contributed by atoms with Crippen LogP contribution in [-0.4, -0.2) is 31.2 Å². The number of aromatic nitrogens is 5. The molecule has 0 radical (unpaired) electrons. The molecule has 2 heterocycles. The highest BCUT2D eigenvalue weighted by Gasteiger charge is 2.30. The summed E-state index contributed by atoms with van der Waals surface area (Å²) in [5.41, 5.74) is -0.602. The van der Waals surface area contributed by atoms with E-state index in [1.165, 1.54) is 30.5 Å². The van der Waals surface area contributed by atoms with Crippen LogP contribution >= 0.6 is 0 Å². The van der Waals surface area contributed by atoms with Gasteiger partial charge in [0, 0.05) is 18.4 Å². The van der Waals surface area contributed by atoms with Crippen LogP contribution in [0.3, 0.4) is 0 Å². The van der Waals surface area contributed by atoms with Crippen LogP contribution in [0.5, 0.6) is 0 Å². The minimum absolute atomic E-state index is 0.0718. The smallest absolute Gasteiger partial charge is 0.416 e. The maximum Gasteiger partial charge on any atom is 0.416 e. The lowest BCUT2D eigenvalue weighted by Crippen LogP contribution is -2.13. The number of nitrogens with zero attached hydrogens (tertiary/aromatic N) is 5. The molecule has 0 aliphatic rings. The number of carbonyl (C=O) groups excluding carboxylic acids is 1. The van der Waals surface area contributed by atoms with Crippen molar-refractivity contribution in [3.8, 4) is 0 Å². The van der Waals surface area contributed by atoms with Crippen LogP contribution in [0, 0.1) is 0 Å². The first kappa shape index (κ1) is 21.2. The van der Waals surface area contributed by atoms with E-state index in [1.54, 1.807) is 4.68 Å². The average molecular weight is 420 g/mol. The van der Waals surface area contributed by atoms with E-state index in [0.29, 0.717) is 12.4 Å². The number of pyridine rings is 1. The molecule has 0 spiro atoms. The van der Waals surface area contributed by atoms with Gasteiger partial charge in [0.2, 0.25) is 0 Å². The fourth-order valence-electron chi connectivity index (χ4n) is 2.60. The Kier molecular flexibility index (Phi) is 6.60. The Morgan fingerprint density at radius 2 is 2.07 bits per heavy atom. The first-order valence-electron chi connectivity index (χ1n) is 9.20. The third-order valence-corrected chi connectivity index (χ3v) is 4.14. The standard InChI is InChI=1S/C19H19F3N6O2/c1-2-3-10-28-16(25-26-27-28)12-30-18(29)15-8-5-9-23-17(15)24-14-7-4-6-13(11-14)19(20,21)22/h4-9,11H,2-3,10,12H2,1H3,(H,23,24). The quantitative estimate of drug-likeness (QED) is 0.551. The number of halogens is 3. The van der Waals surface area contributed by atoms with Crippen molar-refractivity contribution in [1.29, 1.82) is 0 Å². The molecule has 0 saturated carbocycles. The second kappa shape index (κ2) is 9.33. The van der Waals surface area contributed by atoms with Crippen molar-refractivity contribution in [3.05, 3.63) is 59.5 Å². The highest BCUT2D eigenvalue weighted by molar-refractivity contribution is 5.95. The summed E-state index contributed by atoms with van der Waals surface area (Å²) in [6.45, 7) is 2.49. The summed E-state index contributed by atoms with van der Waals surface area (Å²) >= 11 is 0. The molecule has 1 N–H and O–H groups in total. The van der Waals surface area contributed by atoms with Gasteiger partial charge in [-0.15, -0.1) is 5.10 Å². The predicted octanol–water partition coefficient (Wildman–Crippen LogP) is 3.99. The molecule has 0 bridgehead atoms. The van der Waals surface area contributed by atoms with Gasteiger partial charge in [-0.05, 0) is 47.2 Å². The number of carbonyl (C=O) groups is 1. The molecule has 0 fully saturated rings. The Balaban J connectivity index is 1.72. The average Bonchev–Trinajstić information content (AvgIpc) is 3.18. The van der Waals surface area contributed by atoms with Crippen molar-refractivity contribution in [2.24, 2.45) is 0 Å². The zero-order valence-corrected chi connectivity index (χ0v) is 16.1. The van der Waals surface area contributed by atoms with E-state index < -0.39 is 17.7 Å². The first-order chi connectivity index (χ1) is 14.4. The van der Waals surface area contributed by atoms with Crippen LogP contribution in [0.15, 0.2) is 42.6 Å². The Labute approximate surface area is 170 Å². The van der Waals surface area contributed by atoms with E-state index in [1.807, 2.05) is 6.92 Å². The summed E-state index contributed by atoms with van der Waals surface area (Å²) in [5, 5.41) is 14.0. The minimum Gasteiger partial charge on any atom is -0.454 e. The SMILES string of the molecule is CCCCn1nnnc1COC(=O)c1cccnc1Nc1cccc(C(F)(F)F)c1. The van der Waals surface area contributed by atoms with E-state index in [9.17, 15) is 18.0 Å². The van der Waals surface area contributed by atoms with Crippen LogP contribution in [0.1, 0.15) is 41.5 Å². The number of alkyl halides is 3. The normalized spacial score (nSPS) is 11.3. The molecule has 3 rings (SSSR count). The van der Waals surface area contributed by atoms with Gasteiger partial charge in [0.05, 0.1) is 5.56 Å². The van der Waals surface area contributed by atoms with Crippen molar-refractivity contribution < 1.29 is 22.7 Å². The fraction of sp³-hybridized carbons (Fsp3) is 0.316. The van der Waals surface area contributed by atoms with Gasteiger partial charge in [-0.2, -0.15) is 13.2 Å². The molecule has 0 aliphatic heterocycles. The van der Waals surface area contributed by atoms with Crippen LogP contribution in [-0.2, 0) is 24.1 Å². The number of hydrogen-bond donors (Lipinski definition) is 1. The molecule has 8 nitrogen and oxygen atoms in total. The molecule has 158 valence electrons. The fourth-order valence-corrected chi connectivity index (χ4v) is 2.60. The van der Waals surface area contributed by atoms with Gasteiger partial charge in [0.15, 0.2) is 12.4 Å². The molecule has 1 aromatic carbocycles. The van der Waals surface area contributed by atoms with Gasteiger partial charge in [-0.1, -0.05) is 19.4 Å². The first-order valence-corrected chi connectivity index (χ1v) is 9.20. The maximum absolute atomic E-state index is 12.9. The third-order valence-electron chi connectivity index (χ3n) is 4.14. The van der Waals surface area contributed by atoms with E-state index >= 15 is 0 Å². The zero-order chi connectivity index (χ0) is 21.6. The van der Waals surface area contributed by atoms with Crippen LogP contribution in [0.25, 0.3) is 0 Å². The highest BCUT2D eigenvalue weighted by atomic mass is 19.4. The summed E-state index contributed by atoms with van der Waals surface area (Å²) in [7, 11) is 0. The molecule has 0 saturated heterocycles. The van der Waals surface area contributed by atoms with E-state index in [0.717, 1.165) is 25.0 Å². The predicted molar refractivity (Wildman–Crippen MR) is 101 cm³/mol. The lowest BCUT2D eigenvalue weighted by atomic mass is 10.2. The minimum atomic E-state index is -4.48. The van der Waals surface area contributed by atoms with E-state index in [4.69, 9.17) is 4.74 Å². The summed E-state index contributed by atoms with van der Waals surface area (Å²) in [4.78, 5) is 16.6. The summed E-state index contributed by atoms with van der Waals surface area (Å²) in [6, 6.07) is 7.60. The lowest BCUT2D eigenvalue weighted by Gasteiger charge is -2.12. The number of esters is 1. The molecule has 30 heavy (non-hydrogen) atoms. The van der Waals surface area contributed by atoms with Gasteiger partial charge in [0.1, 0.15) is 11.4 Å². The second-order valence-corrected chi connectivity index (χ2v) is 6.35. The Morgan fingerprint density at radius 1 is 1.23 bits per heavy atom. The van der Waals surface area contributed by atoms with Crippen molar-refractivity contribution >= 4 is 17.5 Å². The molecule has 0 amide bonds. The molecule has 0 unspecified atom stereocenters. The topological polar surface area (TPSA) is 94.8 Å². The van der Waals surface area contributed by atoms with E-state index in [-0.39, 0.29) is 23.7 Å². The molecular formula is C19H19F3N6O2. The van der Waals surface area contributed by atoms with Crippen LogP contribution in [0.4, 0.5) is 24.7 Å². The number of ether oxygens (including phenoxy) is 1. The lowest BCUT2D eigenvalue weighted by molar-refractivity contribution is -0.137. The Hall–Kier alpha value is -3.50. The monoisotopic (exact) mass is 420 g/mol. The van der Waals surface area contributed by atoms with Crippen molar-refractivity contribution in [2.45, 2.75) is 39.1 Å². The number of hydrogen-bond acceptors (Lipinski definition) is 7. The summed E-state index contributed by atoms with van der Waals surface area (Å²) in [5.74, 6) is -0.233. The zero-order valence-electron chi connectivity index (χ0n) is 16.1. The van der Waals surface area contributed by atoms with Crippen molar-refractivity contribution in [2.75, 3.05) is 5.32 Å². The van der Waals surface area contributed by atoms with Gasteiger partial charge >= 0.3 is 12.1 Å². The maximum atomic E-state index is 12.9. The molecule has 0 aliphatic carbocycles. The number of anilines is 2. The largest absolute Gasteiger partial charge is 0.454 e. The summed E-state index contributed by atoms with van der Waals surface area (Å²) in [6.07, 6.45) is -1.23. The van der Waals surface area contributed by atoms with Gasteiger partial charge < -0.3 is 10.1 Å². The Morgan fingerprint density at radius 3 is 2.83 bits per heavy atom. The van der Waals surface area contributed by atoms with Crippen molar-refractivity contribution in [3.63, 3.8) is 0 Å². The number of unbranched alkanes of at least 4 members (excludes halogenated alkanes) is 1. The molecule has 2 aromatic heterocycles. The van der Waals surface area contributed by atoms with E-state index in [2.05, 4.69) is 25.8 Å². The molecule has 11 heteroatoms. The number of aryl methyl sites for hydroxylation is 1. The molecular weight excluding hydrogens is 401 g/mol. The molecule has 0 atom stereocenters. The molecule has 3 aromatic rings. The van der Waals surface area contributed by atoms with Gasteiger partial charge in [-0.3, -0.25) is 0 Å². The van der Waals surface area contributed by atoms with Crippen LogP contribution in [0.2, 0.25) is 0 Å². The third kappa shape index (κ3) is 5.31. The second-order valence-electron chi connectivity index (χ2n) is 6.35. The van der Waals surface area contributed by atoms with Gasteiger partial charge in [-0.25, -0.2) is 14.5 Å². The van der Waals surface area contributed by atoms with Crippen LogP contribution < -0.4 is 5.32 Å². The summed E-state index contributed by atoms with van der Waals surface area (Å²) < 4.78 is 45.6. The Bertz CT molecular complexity index is 1010. The number of nitrogens with one attached hydrogen (secondary N) is 1. The highest BCUT2D eigenvalue weighted by Crippen LogP contribution is 2.31. The number of benzene rings is 1. The number of rotatable bonds is 8. The number of tetrazole rings is 1. The van der Waals surface area contributed by atoms with Crippen molar-refractivity contribution in [1.82, 2.24) is 25.2 Å².